The second kappa shape index (κ2) is 7.54. The number of anilines is 2. The summed E-state index contributed by atoms with van der Waals surface area (Å²) in [4.78, 5) is 39.1. The molecule has 1 aromatic heterocycles. The average molecular weight is 424 g/mol. The minimum Gasteiger partial charge on any atom is -0.347 e. The highest BCUT2D eigenvalue weighted by Crippen LogP contribution is 2.41. The number of hydrogen-bond donors (Lipinski definition) is 2. The van der Waals surface area contributed by atoms with Gasteiger partial charge >= 0.3 is 11.8 Å². The number of carbonyl (C=O) groups is 3. The number of benzene rings is 1. The topological polar surface area (TPSA) is 78.5 Å². The Morgan fingerprint density at radius 1 is 1.10 bits per heavy atom. The van der Waals surface area contributed by atoms with E-state index in [4.69, 9.17) is 0 Å². The number of aryl methyl sites for hydroxylation is 1. The van der Waals surface area contributed by atoms with Crippen LogP contribution in [0.25, 0.3) is 0 Å². The zero-order valence-electron chi connectivity index (χ0n) is 16.8. The molecule has 0 atom stereocenters. The van der Waals surface area contributed by atoms with Crippen molar-refractivity contribution < 1.29 is 14.4 Å². The molecule has 0 unspecified atom stereocenters. The smallest absolute Gasteiger partial charge is 0.313 e. The van der Waals surface area contributed by atoms with Gasteiger partial charge < -0.3 is 15.5 Å². The maximum absolute atomic E-state index is 12.6. The van der Waals surface area contributed by atoms with Crippen LogP contribution in [0.2, 0.25) is 0 Å². The van der Waals surface area contributed by atoms with Gasteiger partial charge in [0.2, 0.25) is 5.91 Å². The van der Waals surface area contributed by atoms with Crippen molar-refractivity contribution in [2.75, 3.05) is 23.3 Å². The molecule has 3 amide bonds. The lowest BCUT2D eigenvalue weighted by Gasteiger charge is -2.28. The molecule has 2 N–H and O–H groups in total. The normalized spacial score (nSPS) is 18.9. The predicted octanol–water partition coefficient (Wildman–Crippen LogP) is 3.15. The zero-order valence-corrected chi connectivity index (χ0v) is 17.6. The van der Waals surface area contributed by atoms with Crippen LogP contribution in [0, 0.1) is 0 Å². The number of hydrogen-bond acceptors (Lipinski definition) is 4. The van der Waals surface area contributed by atoms with E-state index in [1.807, 2.05) is 17.0 Å². The molecule has 1 fully saturated rings. The van der Waals surface area contributed by atoms with Gasteiger partial charge in [-0.05, 0) is 71.3 Å². The maximum atomic E-state index is 12.6. The first kappa shape index (κ1) is 19.3. The third kappa shape index (κ3) is 3.31. The molecule has 30 heavy (non-hydrogen) atoms. The quantitative estimate of drug-likeness (QED) is 0.742. The molecule has 2 aliphatic heterocycles. The summed E-state index contributed by atoms with van der Waals surface area (Å²) >= 11 is 1.67. The molecule has 3 heterocycles. The van der Waals surface area contributed by atoms with Gasteiger partial charge in [0.1, 0.15) is 0 Å². The summed E-state index contributed by atoms with van der Waals surface area (Å²) in [6.45, 7) is 1.24. The van der Waals surface area contributed by atoms with Gasteiger partial charge in [0.25, 0.3) is 0 Å². The van der Waals surface area contributed by atoms with Gasteiger partial charge in [-0.15, -0.1) is 0 Å². The molecule has 1 aliphatic carbocycles. The summed E-state index contributed by atoms with van der Waals surface area (Å²) in [5, 5.41) is 9.83. The average Bonchev–Trinajstić information content (AvgIpc) is 3.48. The first-order valence-electron chi connectivity index (χ1n) is 10.6. The van der Waals surface area contributed by atoms with Crippen molar-refractivity contribution in [3.05, 3.63) is 45.6 Å². The van der Waals surface area contributed by atoms with Crippen molar-refractivity contribution in [1.82, 2.24) is 5.32 Å². The van der Waals surface area contributed by atoms with Crippen LogP contribution in [0.1, 0.15) is 48.8 Å². The lowest BCUT2D eigenvalue weighted by molar-refractivity contribution is -0.136. The molecular formula is C23H25N3O3S. The molecule has 1 saturated carbocycles. The van der Waals surface area contributed by atoms with Gasteiger partial charge in [-0.2, -0.15) is 11.3 Å². The van der Waals surface area contributed by atoms with E-state index in [0.717, 1.165) is 61.9 Å². The van der Waals surface area contributed by atoms with Crippen molar-refractivity contribution in [2.45, 2.75) is 50.4 Å². The molecule has 0 spiro atoms. The minimum absolute atomic E-state index is 0.0580. The van der Waals surface area contributed by atoms with Crippen molar-refractivity contribution in [1.29, 1.82) is 0 Å². The van der Waals surface area contributed by atoms with Crippen LogP contribution in [0.3, 0.4) is 0 Å². The van der Waals surface area contributed by atoms with Crippen LogP contribution in [-0.2, 0) is 32.6 Å². The van der Waals surface area contributed by atoms with Crippen molar-refractivity contribution >= 4 is 40.4 Å². The fraction of sp³-hybridized carbons (Fsp3) is 0.435. The highest BCUT2D eigenvalue weighted by molar-refractivity contribution is 7.08. The van der Waals surface area contributed by atoms with E-state index < -0.39 is 11.8 Å². The maximum Gasteiger partial charge on any atom is 0.313 e. The number of carbonyl (C=O) groups excluding carboxylic acids is 3. The predicted molar refractivity (Wildman–Crippen MR) is 117 cm³/mol. The van der Waals surface area contributed by atoms with Gasteiger partial charge in [-0.1, -0.05) is 12.8 Å². The van der Waals surface area contributed by atoms with E-state index in [0.29, 0.717) is 18.7 Å². The standard InChI is InChI=1S/C23H25N3O3S/c27-19-12-16-11-18(10-15-4-3-8-26(19)20(15)16)25-22(29)21(28)24-14-23(6-1-2-7-23)17-5-9-30-13-17/h5,9-11,13H,1-4,6-8,12,14H2,(H,24,28)(H,25,29). The lowest BCUT2D eigenvalue weighted by atomic mass is 9.80. The van der Waals surface area contributed by atoms with Crippen LogP contribution in [0.15, 0.2) is 29.0 Å². The number of rotatable bonds is 4. The van der Waals surface area contributed by atoms with Crippen molar-refractivity contribution in [3.8, 4) is 0 Å². The SMILES string of the molecule is O=C(NCC1(c2ccsc2)CCCC1)C(=O)Nc1cc2c3c(c1)CC(=O)N3CCC2. The van der Waals surface area contributed by atoms with E-state index in [2.05, 4.69) is 27.5 Å². The molecule has 2 aromatic rings. The van der Waals surface area contributed by atoms with Gasteiger partial charge in [-0.25, -0.2) is 0 Å². The Morgan fingerprint density at radius 2 is 1.90 bits per heavy atom. The Morgan fingerprint density at radius 3 is 2.67 bits per heavy atom. The first-order valence-corrected chi connectivity index (χ1v) is 11.6. The molecule has 7 heteroatoms. The summed E-state index contributed by atoms with van der Waals surface area (Å²) in [6, 6.07) is 5.86. The van der Waals surface area contributed by atoms with Crippen LogP contribution < -0.4 is 15.5 Å². The van der Waals surface area contributed by atoms with Gasteiger partial charge in [0.15, 0.2) is 0 Å². The first-order chi connectivity index (χ1) is 14.6. The minimum atomic E-state index is -0.655. The molecule has 5 rings (SSSR count). The van der Waals surface area contributed by atoms with E-state index in [-0.39, 0.29) is 11.3 Å². The summed E-state index contributed by atoms with van der Waals surface area (Å²) in [7, 11) is 0. The molecule has 0 bridgehead atoms. The molecule has 156 valence electrons. The van der Waals surface area contributed by atoms with Gasteiger partial charge in [0.05, 0.1) is 12.1 Å². The van der Waals surface area contributed by atoms with Crippen LogP contribution >= 0.6 is 11.3 Å². The zero-order chi connectivity index (χ0) is 20.7. The number of nitrogens with one attached hydrogen (secondary N) is 2. The Hall–Kier alpha value is -2.67. The molecule has 3 aliphatic rings. The number of thiophene rings is 1. The fourth-order valence-corrected chi connectivity index (χ4v) is 6.03. The molecule has 1 aromatic carbocycles. The largest absolute Gasteiger partial charge is 0.347 e. The van der Waals surface area contributed by atoms with Gasteiger partial charge in [0, 0.05) is 24.2 Å². The Balaban J connectivity index is 1.27. The Bertz CT molecular complexity index is 1010. The van der Waals surface area contributed by atoms with Crippen LogP contribution in [0.4, 0.5) is 11.4 Å². The van der Waals surface area contributed by atoms with Crippen LogP contribution in [0.5, 0.6) is 0 Å². The lowest BCUT2D eigenvalue weighted by Crippen LogP contribution is -2.43. The molecule has 6 nitrogen and oxygen atoms in total. The van der Waals surface area contributed by atoms with E-state index in [1.165, 1.54) is 5.56 Å². The summed E-state index contributed by atoms with van der Waals surface area (Å²) in [6.07, 6.45) is 6.51. The van der Waals surface area contributed by atoms with E-state index in [1.54, 1.807) is 11.3 Å². The second-order valence-electron chi connectivity index (χ2n) is 8.61. The van der Waals surface area contributed by atoms with Crippen LogP contribution in [-0.4, -0.2) is 30.8 Å². The molecular weight excluding hydrogens is 398 g/mol. The summed E-state index contributed by atoms with van der Waals surface area (Å²) in [5.74, 6) is -1.15. The fourth-order valence-electron chi connectivity index (χ4n) is 5.25. The highest BCUT2D eigenvalue weighted by atomic mass is 32.1. The van der Waals surface area contributed by atoms with Crippen molar-refractivity contribution in [2.24, 2.45) is 0 Å². The third-order valence-corrected chi connectivity index (χ3v) is 7.44. The number of amides is 3. The number of nitrogens with zero attached hydrogens (tertiary/aromatic N) is 1. The Labute approximate surface area is 179 Å². The van der Waals surface area contributed by atoms with Gasteiger partial charge in [-0.3, -0.25) is 14.4 Å². The molecule has 0 radical (unpaired) electrons. The third-order valence-electron chi connectivity index (χ3n) is 6.75. The summed E-state index contributed by atoms with van der Waals surface area (Å²) in [5.41, 5.74) is 4.81. The second-order valence-corrected chi connectivity index (χ2v) is 9.39. The summed E-state index contributed by atoms with van der Waals surface area (Å²) < 4.78 is 0. The highest BCUT2D eigenvalue weighted by Gasteiger charge is 2.37. The molecule has 0 saturated heterocycles. The van der Waals surface area contributed by atoms with E-state index >= 15 is 0 Å². The Kier molecular flexibility index (Phi) is 4.85. The van der Waals surface area contributed by atoms with Crippen molar-refractivity contribution in [3.63, 3.8) is 0 Å². The monoisotopic (exact) mass is 423 g/mol. The van der Waals surface area contributed by atoms with E-state index in [9.17, 15) is 14.4 Å².